The summed E-state index contributed by atoms with van der Waals surface area (Å²) in [4.78, 5) is 62.6. The largest absolute Gasteiger partial charge is 0.368 e. The molecule has 0 bridgehead atoms. The van der Waals surface area contributed by atoms with Crippen molar-refractivity contribution in [2.24, 2.45) is 17.6 Å². The summed E-state index contributed by atoms with van der Waals surface area (Å²) in [5, 5.41) is 17.0. The predicted octanol–water partition coefficient (Wildman–Crippen LogP) is 1.98. The minimum Gasteiger partial charge on any atom is -0.368 e. The Bertz CT molecular complexity index is 1190. The Kier molecular flexibility index (Phi) is 14.1. The van der Waals surface area contributed by atoms with Gasteiger partial charge in [0, 0.05) is 30.9 Å². The molecule has 0 heterocycles. The van der Waals surface area contributed by atoms with Gasteiger partial charge in [-0.05, 0) is 61.4 Å². The number of hydrogen-bond donors (Lipinski definition) is 6. The van der Waals surface area contributed by atoms with Crippen LogP contribution in [0.3, 0.4) is 0 Å². The summed E-state index contributed by atoms with van der Waals surface area (Å²) in [5.74, 6) is -4.15. The summed E-state index contributed by atoms with van der Waals surface area (Å²) in [5.41, 5.74) is 8.17. The topological polar surface area (TPSA) is 180 Å². The molecule has 228 valence electrons. The number of primary amides is 1. The van der Waals surface area contributed by atoms with Gasteiger partial charge in [-0.3, -0.25) is 29.2 Å². The van der Waals surface area contributed by atoms with Crippen LogP contribution in [-0.4, -0.2) is 53.4 Å². The number of rotatable bonds is 17. The number of amides is 5. The van der Waals surface area contributed by atoms with Crippen molar-refractivity contribution in [1.29, 1.82) is 0 Å². The molecule has 0 spiro atoms. The molecule has 2 aromatic rings. The molecule has 5 amide bonds. The van der Waals surface area contributed by atoms with Gasteiger partial charge in [-0.2, -0.15) is 0 Å². The number of benzene rings is 2. The van der Waals surface area contributed by atoms with Crippen LogP contribution in [-0.2, 0) is 25.6 Å². The molecule has 0 fully saturated rings. The van der Waals surface area contributed by atoms with Gasteiger partial charge in [0.25, 0.3) is 5.91 Å². The molecular formula is C30H40FN5O6. The van der Waals surface area contributed by atoms with Crippen LogP contribution in [0, 0.1) is 17.7 Å². The second-order valence-corrected chi connectivity index (χ2v) is 10.5. The number of halogens is 1. The number of hydroxylamine groups is 1. The van der Waals surface area contributed by atoms with Gasteiger partial charge in [-0.1, -0.05) is 44.2 Å². The minimum atomic E-state index is -1.07. The summed E-state index contributed by atoms with van der Waals surface area (Å²) in [6.45, 7) is 4.06. The zero-order chi connectivity index (χ0) is 31.1. The highest BCUT2D eigenvalue weighted by Crippen LogP contribution is 2.17. The van der Waals surface area contributed by atoms with Crippen molar-refractivity contribution in [3.8, 4) is 0 Å². The third kappa shape index (κ3) is 12.0. The molecule has 0 radical (unpaired) electrons. The number of nitrogens with two attached hydrogens (primary N) is 1. The molecule has 0 unspecified atom stereocenters. The summed E-state index contributed by atoms with van der Waals surface area (Å²) in [6, 6.07) is 12.0. The first kappa shape index (κ1) is 33.9. The molecule has 12 heteroatoms. The van der Waals surface area contributed by atoms with E-state index in [-0.39, 0.29) is 31.1 Å². The zero-order valence-corrected chi connectivity index (χ0v) is 23.9. The van der Waals surface area contributed by atoms with E-state index in [4.69, 9.17) is 10.9 Å². The maximum absolute atomic E-state index is 13.3. The maximum atomic E-state index is 13.3. The SMILES string of the molecule is CC(C)C[C@H](CC(=O)NO)C(=O)N[C@@H](Cc1ccccc1)C(=O)N[C@@H](CCCCNC(=O)c1ccc([18F])cc1)C(N)=O. The maximum Gasteiger partial charge on any atom is 0.251 e. The van der Waals surface area contributed by atoms with Gasteiger partial charge < -0.3 is 21.7 Å². The molecule has 42 heavy (non-hydrogen) atoms. The van der Waals surface area contributed by atoms with Gasteiger partial charge in [0.2, 0.25) is 23.6 Å². The van der Waals surface area contributed by atoms with E-state index in [2.05, 4.69) is 16.0 Å². The summed E-state index contributed by atoms with van der Waals surface area (Å²) in [6.07, 6.45) is 1.34. The molecule has 0 aliphatic carbocycles. The summed E-state index contributed by atoms with van der Waals surface area (Å²) in [7, 11) is 0. The van der Waals surface area contributed by atoms with Crippen molar-refractivity contribution in [3.05, 3.63) is 71.5 Å². The summed E-state index contributed by atoms with van der Waals surface area (Å²) >= 11 is 0. The predicted molar refractivity (Wildman–Crippen MR) is 153 cm³/mol. The molecule has 2 rings (SSSR count). The smallest absolute Gasteiger partial charge is 0.251 e. The fraction of sp³-hybridized carbons (Fsp3) is 0.433. The average molecular weight is 585 g/mol. The monoisotopic (exact) mass is 584 g/mol. The number of unbranched alkanes of at least 4 members (excludes halogenated alkanes) is 1. The molecule has 0 aliphatic heterocycles. The third-order valence-electron chi connectivity index (χ3n) is 6.57. The Morgan fingerprint density at radius 1 is 0.881 bits per heavy atom. The van der Waals surface area contributed by atoms with Crippen molar-refractivity contribution < 1.29 is 33.6 Å². The molecule has 0 aliphatic rings. The Morgan fingerprint density at radius 2 is 1.52 bits per heavy atom. The van der Waals surface area contributed by atoms with Crippen molar-refractivity contribution in [1.82, 2.24) is 21.4 Å². The summed E-state index contributed by atoms with van der Waals surface area (Å²) < 4.78 is 13.1. The first-order valence-electron chi connectivity index (χ1n) is 13.9. The lowest BCUT2D eigenvalue weighted by atomic mass is 9.92. The highest BCUT2D eigenvalue weighted by atomic mass is 18.2. The molecular weight excluding hydrogens is 544 g/mol. The fourth-order valence-electron chi connectivity index (χ4n) is 4.41. The molecule has 7 N–H and O–H groups in total. The number of hydrogen-bond acceptors (Lipinski definition) is 6. The van der Waals surface area contributed by atoms with E-state index in [0.717, 1.165) is 5.56 Å². The van der Waals surface area contributed by atoms with Crippen LogP contribution in [0.4, 0.5) is 4.39 Å². The van der Waals surface area contributed by atoms with Crippen LogP contribution in [0.25, 0.3) is 0 Å². The highest BCUT2D eigenvalue weighted by Gasteiger charge is 2.30. The van der Waals surface area contributed by atoms with E-state index in [9.17, 15) is 28.4 Å². The lowest BCUT2D eigenvalue weighted by molar-refractivity contribution is -0.137. The van der Waals surface area contributed by atoms with E-state index in [1.54, 1.807) is 24.3 Å². The third-order valence-corrected chi connectivity index (χ3v) is 6.57. The van der Waals surface area contributed by atoms with Gasteiger partial charge in [0.1, 0.15) is 17.9 Å². The Hall–Kier alpha value is -4.32. The van der Waals surface area contributed by atoms with E-state index in [1.807, 2.05) is 19.9 Å². The van der Waals surface area contributed by atoms with Gasteiger partial charge in [0.15, 0.2) is 0 Å². The van der Waals surface area contributed by atoms with Crippen LogP contribution in [0.1, 0.15) is 61.9 Å². The Balaban J connectivity index is 2.02. The molecule has 0 aromatic heterocycles. The molecule has 11 nitrogen and oxygen atoms in total. The standard InChI is InChI=1S/C30H40FN5O6/c1-19(2)16-22(18-26(37)36-42)29(40)35-25(17-20-8-4-3-5-9-20)30(41)34-24(27(32)38)10-6-7-15-33-28(39)21-11-13-23(31)14-12-21/h3-5,8-9,11-14,19,22,24-25,42H,6-7,10,15-18H2,1-2H3,(H2,32,38)(H,33,39)(H,34,41)(H,35,40)(H,36,37)/t22-,24+,25+/m1/s1/i31-1. The van der Waals surface area contributed by atoms with Crippen molar-refractivity contribution >= 4 is 29.5 Å². The first-order chi connectivity index (χ1) is 20.0. The quantitative estimate of drug-likeness (QED) is 0.0940. The molecule has 0 saturated heterocycles. The normalized spacial score (nSPS) is 13.0. The van der Waals surface area contributed by atoms with Gasteiger partial charge >= 0.3 is 0 Å². The second-order valence-electron chi connectivity index (χ2n) is 10.5. The lowest BCUT2D eigenvalue weighted by Crippen LogP contribution is -2.54. The van der Waals surface area contributed by atoms with Crippen molar-refractivity contribution in [3.63, 3.8) is 0 Å². The first-order valence-corrected chi connectivity index (χ1v) is 13.9. The van der Waals surface area contributed by atoms with Crippen molar-refractivity contribution in [2.45, 2.75) is 64.5 Å². The van der Waals surface area contributed by atoms with E-state index in [1.165, 1.54) is 29.7 Å². The van der Waals surface area contributed by atoms with Crippen LogP contribution < -0.4 is 27.2 Å². The van der Waals surface area contributed by atoms with E-state index >= 15 is 0 Å². The number of carbonyl (C=O) groups excluding carboxylic acids is 5. The molecule has 2 aromatic carbocycles. The molecule has 3 atom stereocenters. The van der Waals surface area contributed by atoms with Crippen LogP contribution in [0.2, 0.25) is 0 Å². The Morgan fingerprint density at radius 3 is 2.12 bits per heavy atom. The molecule has 0 saturated carbocycles. The van der Waals surface area contributed by atoms with Crippen LogP contribution in [0.5, 0.6) is 0 Å². The van der Waals surface area contributed by atoms with Gasteiger partial charge in [0.05, 0.1) is 0 Å². The number of nitrogens with one attached hydrogen (secondary N) is 4. The van der Waals surface area contributed by atoms with Crippen LogP contribution in [0.15, 0.2) is 54.6 Å². The van der Waals surface area contributed by atoms with Crippen LogP contribution >= 0.6 is 0 Å². The fourth-order valence-corrected chi connectivity index (χ4v) is 4.41. The Labute approximate surface area is 244 Å². The zero-order valence-electron chi connectivity index (χ0n) is 23.9. The van der Waals surface area contributed by atoms with E-state index in [0.29, 0.717) is 31.4 Å². The average Bonchev–Trinajstić information content (AvgIpc) is 2.95. The number of carbonyl (C=O) groups is 5. The van der Waals surface area contributed by atoms with Gasteiger partial charge in [-0.25, -0.2) is 9.87 Å². The highest BCUT2D eigenvalue weighted by molar-refractivity contribution is 5.94. The minimum absolute atomic E-state index is 0.0633. The van der Waals surface area contributed by atoms with Crippen molar-refractivity contribution in [2.75, 3.05) is 6.54 Å². The lowest BCUT2D eigenvalue weighted by Gasteiger charge is -2.25. The van der Waals surface area contributed by atoms with E-state index < -0.39 is 47.4 Å². The second kappa shape index (κ2) is 17.5. The van der Waals surface area contributed by atoms with Gasteiger partial charge in [-0.15, -0.1) is 0 Å².